The molecule has 0 saturated carbocycles. The Labute approximate surface area is 170 Å². The van der Waals surface area contributed by atoms with Crippen LogP contribution in [0.5, 0.6) is 0 Å². The van der Waals surface area contributed by atoms with E-state index < -0.39 is 16.1 Å². The van der Waals surface area contributed by atoms with Crippen LogP contribution < -0.4 is 10.0 Å². The molecule has 0 aromatic heterocycles. The summed E-state index contributed by atoms with van der Waals surface area (Å²) in [5, 5.41) is 12.3. The minimum atomic E-state index is -3.79. The van der Waals surface area contributed by atoms with Crippen molar-refractivity contribution in [1.29, 1.82) is 5.26 Å². The van der Waals surface area contributed by atoms with Crippen molar-refractivity contribution in [3.05, 3.63) is 64.7 Å². The summed E-state index contributed by atoms with van der Waals surface area (Å²) in [6.45, 7) is 2.37. The van der Waals surface area contributed by atoms with E-state index in [4.69, 9.17) is 5.26 Å². The fraction of sp³-hybridized carbons (Fsp3) is 0.333. The van der Waals surface area contributed by atoms with Gasteiger partial charge in [-0.25, -0.2) is 8.42 Å². The van der Waals surface area contributed by atoms with E-state index in [1.165, 1.54) is 0 Å². The van der Waals surface area contributed by atoms with Gasteiger partial charge in [-0.05, 0) is 60.3 Å². The molecular weight excluding hydrogens is 388 g/mol. The van der Waals surface area contributed by atoms with Gasteiger partial charge in [0.2, 0.25) is 15.9 Å². The summed E-state index contributed by atoms with van der Waals surface area (Å²) < 4.78 is 28.2. The highest BCUT2D eigenvalue weighted by Crippen LogP contribution is 2.21. The van der Waals surface area contributed by atoms with Crippen molar-refractivity contribution in [3.63, 3.8) is 0 Å². The van der Waals surface area contributed by atoms with Crippen molar-refractivity contribution in [2.45, 2.75) is 36.9 Å². The van der Waals surface area contributed by atoms with Crippen LogP contribution in [-0.2, 0) is 34.3 Å². The van der Waals surface area contributed by atoms with Crippen molar-refractivity contribution >= 4 is 15.9 Å². The van der Waals surface area contributed by atoms with Crippen LogP contribution in [0.2, 0.25) is 0 Å². The van der Waals surface area contributed by atoms with Gasteiger partial charge in [0.1, 0.15) is 6.04 Å². The highest BCUT2D eigenvalue weighted by Gasteiger charge is 2.35. The Hall–Kier alpha value is -2.73. The zero-order chi connectivity index (χ0) is 20.4. The number of sulfonamides is 1. The minimum Gasteiger partial charge on any atom is -0.337 e. The number of carbonyl (C=O) groups excluding carboxylic acids is 1. The van der Waals surface area contributed by atoms with E-state index in [1.807, 2.05) is 12.1 Å². The molecule has 4 rings (SSSR count). The molecule has 0 unspecified atom stereocenters. The van der Waals surface area contributed by atoms with Crippen LogP contribution in [0.4, 0.5) is 0 Å². The third kappa shape index (κ3) is 4.17. The average molecular weight is 410 g/mol. The van der Waals surface area contributed by atoms with Crippen LogP contribution in [-0.4, -0.2) is 38.4 Å². The number of nitriles is 1. The Balaban J connectivity index is 1.45. The standard InChI is InChI=1S/C21H22N4O3S/c22-12-15-2-1-3-16(10-15)14-25-9-7-20(21(25)26)24-29(27,28)19-5-4-17-6-8-23-13-18(17)11-19/h1-5,10-11,20,23-24H,6-9,13-14H2/t20-/m0/s1. The summed E-state index contributed by atoms with van der Waals surface area (Å²) in [6.07, 6.45) is 1.30. The van der Waals surface area contributed by atoms with Gasteiger partial charge < -0.3 is 10.2 Å². The van der Waals surface area contributed by atoms with E-state index >= 15 is 0 Å². The summed E-state index contributed by atoms with van der Waals surface area (Å²) in [6, 6.07) is 13.5. The van der Waals surface area contributed by atoms with Gasteiger partial charge in [-0.3, -0.25) is 4.79 Å². The molecule has 0 bridgehead atoms. The lowest BCUT2D eigenvalue weighted by atomic mass is 10.0. The quantitative estimate of drug-likeness (QED) is 0.773. The Morgan fingerprint density at radius 1 is 1.21 bits per heavy atom. The number of nitrogens with zero attached hydrogens (tertiary/aromatic N) is 2. The predicted molar refractivity (Wildman–Crippen MR) is 107 cm³/mol. The summed E-state index contributed by atoms with van der Waals surface area (Å²) in [7, 11) is -3.79. The molecule has 8 heteroatoms. The van der Waals surface area contributed by atoms with Crippen LogP contribution in [0.25, 0.3) is 0 Å². The number of carbonyl (C=O) groups is 1. The molecule has 1 fully saturated rings. The number of amides is 1. The van der Waals surface area contributed by atoms with Crippen LogP contribution in [0.1, 0.15) is 28.7 Å². The van der Waals surface area contributed by atoms with E-state index in [9.17, 15) is 13.2 Å². The third-order valence-electron chi connectivity index (χ3n) is 5.40. The largest absolute Gasteiger partial charge is 0.337 e. The first-order valence-electron chi connectivity index (χ1n) is 9.59. The maximum Gasteiger partial charge on any atom is 0.241 e. The second-order valence-corrected chi connectivity index (χ2v) is 9.11. The van der Waals surface area contributed by atoms with Crippen LogP contribution in [0.3, 0.4) is 0 Å². The first kappa shape index (κ1) is 19.6. The third-order valence-corrected chi connectivity index (χ3v) is 6.87. The molecule has 1 amide bonds. The predicted octanol–water partition coefficient (Wildman–Crippen LogP) is 1.28. The maximum absolute atomic E-state index is 12.8. The highest BCUT2D eigenvalue weighted by molar-refractivity contribution is 7.89. The Bertz CT molecular complexity index is 1090. The summed E-state index contributed by atoms with van der Waals surface area (Å²) in [4.78, 5) is 14.5. The second kappa shape index (κ2) is 7.95. The summed E-state index contributed by atoms with van der Waals surface area (Å²) in [5.74, 6) is -0.240. The van der Waals surface area contributed by atoms with Gasteiger partial charge in [-0.15, -0.1) is 0 Å². The first-order chi connectivity index (χ1) is 14.0. The van der Waals surface area contributed by atoms with Gasteiger partial charge in [0.15, 0.2) is 0 Å². The van der Waals surface area contributed by atoms with Crippen LogP contribution >= 0.6 is 0 Å². The molecule has 1 saturated heterocycles. The normalized spacial score (nSPS) is 19.1. The van der Waals surface area contributed by atoms with Crippen molar-refractivity contribution in [2.24, 2.45) is 0 Å². The highest BCUT2D eigenvalue weighted by atomic mass is 32.2. The van der Waals surface area contributed by atoms with Crippen molar-refractivity contribution in [2.75, 3.05) is 13.1 Å². The van der Waals surface area contributed by atoms with Crippen molar-refractivity contribution in [1.82, 2.24) is 14.9 Å². The molecule has 2 aliphatic rings. The average Bonchev–Trinajstić information content (AvgIpc) is 3.06. The number of hydrogen-bond donors (Lipinski definition) is 2. The number of fused-ring (bicyclic) bond motifs is 1. The van der Waals surface area contributed by atoms with E-state index in [-0.39, 0.29) is 10.8 Å². The van der Waals surface area contributed by atoms with E-state index in [0.717, 1.165) is 29.7 Å². The fourth-order valence-electron chi connectivity index (χ4n) is 3.84. The van der Waals surface area contributed by atoms with Crippen molar-refractivity contribution < 1.29 is 13.2 Å². The van der Waals surface area contributed by atoms with Gasteiger partial charge in [0.05, 0.1) is 16.5 Å². The molecule has 29 heavy (non-hydrogen) atoms. The Morgan fingerprint density at radius 3 is 2.90 bits per heavy atom. The van der Waals surface area contributed by atoms with Crippen LogP contribution in [0, 0.1) is 11.3 Å². The van der Waals surface area contributed by atoms with Gasteiger partial charge in [-0.1, -0.05) is 18.2 Å². The van der Waals surface area contributed by atoms with Crippen molar-refractivity contribution in [3.8, 4) is 6.07 Å². The maximum atomic E-state index is 12.8. The second-order valence-electron chi connectivity index (χ2n) is 7.39. The molecule has 2 N–H and O–H groups in total. The molecular formula is C21H22N4O3S. The van der Waals surface area contributed by atoms with E-state index in [1.54, 1.807) is 35.2 Å². The molecule has 2 heterocycles. The van der Waals surface area contributed by atoms with E-state index in [0.29, 0.717) is 31.6 Å². The first-order valence-corrected chi connectivity index (χ1v) is 11.1. The molecule has 0 radical (unpaired) electrons. The SMILES string of the molecule is N#Cc1cccc(CN2CC[C@H](NS(=O)(=O)c3ccc4c(c3)CNCC4)C2=O)c1. The Morgan fingerprint density at radius 2 is 2.07 bits per heavy atom. The molecule has 0 spiro atoms. The molecule has 7 nitrogen and oxygen atoms in total. The zero-order valence-electron chi connectivity index (χ0n) is 15.9. The van der Waals surface area contributed by atoms with Gasteiger partial charge >= 0.3 is 0 Å². The fourth-order valence-corrected chi connectivity index (χ4v) is 5.12. The molecule has 150 valence electrons. The lowest BCUT2D eigenvalue weighted by molar-refractivity contribution is -0.129. The number of benzene rings is 2. The number of rotatable bonds is 5. The Kier molecular flexibility index (Phi) is 5.37. The molecule has 2 aliphatic heterocycles. The number of nitrogens with one attached hydrogen (secondary N) is 2. The van der Waals surface area contributed by atoms with E-state index in [2.05, 4.69) is 16.1 Å². The molecule has 1 atom stereocenters. The monoisotopic (exact) mass is 410 g/mol. The molecule has 2 aromatic rings. The van der Waals surface area contributed by atoms with Gasteiger partial charge in [-0.2, -0.15) is 9.98 Å². The van der Waals surface area contributed by atoms with Gasteiger partial charge in [0.25, 0.3) is 0 Å². The van der Waals surface area contributed by atoms with Gasteiger partial charge in [0, 0.05) is 19.6 Å². The smallest absolute Gasteiger partial charge is 0.241 e. The topological polar surface area (TPSA) is 102 Å². The summed E-state index contributed by atoms with van der Waals surface area (Å²) in [5.41, 5.74) is 3.53. The lowest BCUT2D eigenvalue weighted by Crippen LogP contribution is -2.41. The lowest BCUT2D eigenvalue weighted by Gasteiger charge is -2.19. The summed E-state index contributed by atoms with van der Waals surface area (Å²) >= 11 is 0. The number of hydrogen-bond acceptors (Lipinski definition) is 5. The minimum absolute atomic E-state index is 0.188. The number of likely N-dealkylation sites (tertiary alicyclic amines) is 1. The molecule has 2 aromatic carbocycles. The molecule has 0 aliphatic carbocycles. The zero-order valence-corrected chi connectivity index (χ0v) is 16.7. The van der Waals surface area contributed by atoms with Crippen LogP contribution in [0.15, 0.2) is 47.4 Å².